The van der Waals surface area contributed by atoms with Crippen molar-refractivity contribution in [2.24, 2.45) is 0 Å². The van der Waals surface area contributed by atoms with E-state index < -0.39 is 53.1 Å². The second kappa shape index (κ2) is 8.46. The number of hydrogen-bond acceptors (Lipinski definition) is 4. The van der Waals surface area contributed by atoms with Crippen molar-refractivity contribution in [2.75, 3.05) is 18.9 Å². The molecule has 8 nitrogen and oxygen atoms in total. The quantitative estimate of drug-likeness (QED) is 0.609. The van der Waals surface area contributed by atoms with Crippen molar-refractivity contribution in [1.82, 2.24) is 15.5 Å². The van der Waals surface area contributed by atoms with Gasteiger partial charge in [-0.15, -0.1) is 0 Å². The van der Waals surface area contributed by atoms with Crippen molar-refractivity contribution < 1.29 is 32.3 Å². The lowest BCUT2D eigenvalue weighted by Gasteiger charge is -2.18. The first-order valence-corrected chi connectivity index (χ1v) is 8.37. The maximum atomic E-state index is 12.8. The number of carbonyl (C=O) groups is 4. The van der Waals surface area contributed by atoms with Gasteiger partial charge in [0, 0.05) is 19.2 Å². The van der Waals surface area contributed by atoms with Gasteiger partial charge in [0.2, 0.25) is 11.8 Å². The predicted molar refractivity (Wildman–Crippen MR) is 92.4 cm³/mol. The highest BCUT2D eigenvalue weighted by molar-refractivity contribution is 6.31. The van der Waals surface area contributed by atoms with Gasteiger partial charge in [-0.3, -0.25) is 19.7 Å². The predicted octanol–water partition coefficient (Wildman–Crippen LogP) is 1.74. The van der Waals surface area contributed by atoms with Gasteiger partial charge in [0.15, 0.2) is 0 Å². The van der Waals surface area contributed by atoms with Gasteiger partial charge in [0.1, 0.15) is 6.04 Å². The molecule has 12 heteroatoms. The van der Waals surface area contributed by atoms with Crippen LogP contribution in [0, 0.1) is 0 Å². The lowest BCUT2D eigenvalue weighted by atomic mass is 10.1. The second-order valence-corrected chi connectivity index (χ2v) is 6.45. The van der Waals surface area contributed by atoms with E-state index in [2.05, 4.69) is 10.6 Å². The van der Waals surface area contributed by atoms with Crippen LogP contribution in [0.1, 0.15) is 18.4 Å². The molecule has 28 heavy (non-hydrogen) atoms. The second-order valence-electron chi connectivity index (χ2n) is 6.04. The number of imide groups is 1. The van der Waals surface area contributed by atoms with Crippen LogP contribution in [0.4, 0.5) is 23.7 Å². The molecule has 1 atom stereocenters. The van der Waals surface area contributed by atoms with E-state index in [1.54, 1.807) is 0 Å². The highest BCUT2D eigenvalue weighted by Gasteiger charge is 2.33. The molecule has 0 aliphatic carbocycles. The van der Waals surface area contributed by atoms with E-state index in [4.69, 9.17) is 11.6 Å². The molecule has 0 spiro atoms. The number of rotatable bonds is 6. The number of nitrogens with one attached hydrogen (secondary N) is 3. The van der Waals surface area contributed by atoms with E-state index in [9.17, 15) is 32.3 Å². The SMILES string of the molecule is CN(CC(=O)Nc1ccc(Cl)c(C(F)(F)F)c1)C(=O)CCC1NC(=O)NC1=O. The molecule has 1 aromatic rings. The standard InChI is InChI=1S/C16H16ClF3N4O4/c1-24(13(26)5-4-11-14(27)23-15(28)22-11)7-12(25)21-8-2-3-10(17)9(6-8)16(18,19)20/h2-3,6,11H,4-5,7H2,1H3,(H,21,25)(H2,22,23,27,28). The van der Waals surface area contributed by atoms with Gasteiger partial charge in [-0.25, -0.2) is 4.79 Å². The van der Waals surface area contributed by atoms with Crippen LogP contribution in [0.15, 0.2) is 18.2 Å². The molecular formula is C16H16ClF3N4O4. The first-order valence-electron chi connectivity index (χ1n) is 7.99. The molecule has 1 aliphatic heterocycles. The van der Waals surface area contributed by atoms with Gasteiger partial charge in [0.25, 0.3) is 5.91 Å². The molecule has 1 fully saturated rings. The monoisotopic (exact) mass is 420 g/mol. The normalized spacial score (nSPS) is 16.4. The van der Waals surface area contributed by atoms with E-state index >= 15 is 0 Å². The number of nitrogens with zero attached hydrogens (tertiary/aromatic N) is 1. The Morgan fingerprint density at radius 3 is 2.54 bits per heavy atom. The van der Waals surface area contributed by atoms with Crippen LogP contribution >= 0.6 is 11.6 Å². The molecule has 1 aliphatic rings. The zero-order chi connectivity index (χ0) is 21.1. The van der Waals surface area contributed by atoms with E-state index in [1.807, 2.05) is 5.32 Å². The number of likely N-dealkylation sites (N-methyl/N-ethyl adjacent to an activating group) is 1. The van der Waals surface area contributed by atoms with Gasteiger partial charge in [0.05, 0.1) is 17.1 Å². The summed E-state index contributed by atoms with van der Waals surface area (Å²) in [6, 6.07) is 1.45. The Kier molecular flexibility index (Phi) is 6.49. The Morgan fingerprint density at radius 1 is 1.29 bits per heavy atom. The maximum absolute atomic E-state index is 12.8. The fourth-order valence-electron chi connectivity index (χ4n) is 2.45. The fourth-order valence-corrected chi connectivity index (χ4v) is 2.67. The third-order valence-electron chi connectivity index (χ3n) is 3.87. The highest BCUT2D eigenvalue weighted by Crippen LogP contribution is 2.36. The summed E-state index contributed by atoms with van der Waals surface area (Å²) >= 11 is 5.51. The van der Waals surface area contributed by atoms with Crippen molar-refractivity contribution in [3.63, 3.8) is 0 Å². The summed E-state index contributed by atoms with van der Waals surface area (Å²) in [6.45, 7) is -0.411. The summed E-state index contributed by atoms with van der Waals surface area (Å²) < 4.78 is 38.5. The zero-order valence-electron chi connectivity index (χ0n) is 14.5. The number of urea groups is 1. The zero-order valence-corrected chi connectivity index (χ0v) is 15.3. The van der Waals surface area contributed by atoms with Crippen LogP contribution in [-0.4, -0.2) is 48.3 Å². The molecule has 0 aromatic heterocycles. The van der Waals surface area contributed by atoms with Gasteiger partial charge in [-0.1, -0.05) is 11.6 Å². The number of hydrogen-bond donors (Lipinski definition) is 3. The Labute approximate surface area is 162 Å². The minimum absolute atomic E-state index is 0.0501. The van der Waals surface area contributed by atoms with Crippen molar-refractivity contribution in [3.05, 3.63) is 28.8 Å². The van der Waals surface area contributed by atoms with Crippen molar-refractivity contribution in [2.45, 2.75) is 25.1 Å². The van der Waals surface area contributed by atoms with Crippen molar-refractivity contribution in [3.8, 4) is 0 Å². The molecule has 1 aromatic carbocycles. The van der Waals surface area contributed by atoms with Gasteiger partial charge < -0.3 is 15.5 Å². The number of halogens is 4. The van der Waals surface area contributed by atoms with Crippen LogP contribution in [0.3, 0.4) is 0 Å². The number of benzene rings is 1. The molecule has 152 valence electrons. The Morgan fingerprint density at radius 2 is 1.96 bits per heavy atom. The molecule has 0 saturated carbocycles. The van der Waals surface area contributed by atoms with E-state index in [-0.39, 0.29) is 18.5 Å². The summed E-state index contributed by atoms with van der Waals surface area (Å²) in [6.07, 6.45) is -4.73. The number of anilines is 1. The molecule has 2 rings (SSSR count). The van der Waals surface area contributed by atoms with E-state index in [0.29, 0.717) is 6.07 Å². The molecule has 5 amide bonds. The van der Waals surface area contributed by atoms with E-state index in [0.717, 1.165) is 11.0 Å². The third-order valence-corrected chi connectivity index (χ3v) is 4.20. The van der Waals surface area contributed by atoms with Gasteiger partial charge in [-0.05, 0) is 24.6 Å². The maximum Gasteiger partial charge on any atom is 0.417 e. The average Bonchev–Trinajstić information content (AvgIpc) is 2.90. The highest BCUT2D eigenvalue weighted by atomic mass is 35.5. The Hall–Kier alpha value is -2.82. The van der Waals surface area contributed by atoms with E-state index in [1.165, 1.54) is 13.1 Å². The number of amides is 5. The lowest BCUT2D eigenvalue weighted by molar-refractivity contribution is -0.137. The smallest absolute Gasteiger partial charge is 0.336 e. The molecule has 1 unspecified atom stereocenters. The topological polar surface area (TPSA) is 108 Å². The molecule has 0 radical (unpaired) electrons. The third kappa shape index (κ3) is 5.59. The minimum Gasteiger partial charge on any atom is -0.336 e. The van der Waals surface area contributed by atoms with Crippen LogP contribution in [-0.2, 0) is 20.6 Å². The van der Waals surface area contributed by atoms with Crippen LogP contribution < -0.4 is 16.0 Å². The summed E-state index contributed by atoms with van der Waals surface area (Å²) in [4.78, 5) is 47.5. The molecule has 1 saturated heterocycles. The largest absolute Gasteiger partial charge is 0.417 e. The van der Waals surface area contributed by atoms with Crippen molar-refractivity contribution in [1.29, 1.82) is 0 Å². The average molecular weight is 421 g/mol. The molecule has 3 N–H and O–H groups in total. The first kappa shape index (κ1) is 21.5. The summed E-state index contributed by atoms with van der Waals surface area (Å²) in [5.41, 5.74) is -1.21. The van der Waals surface area contributed by atoms with Crippen molar-refractivity contribution >= 4 is 41.0 Å². The number of carbonyl (C=O) groups excluding carboxylic acids is 4. The first-order chi connectivity index (χ1) is 13.0. The lowest BCUT2D eigenvalue weighted by Crippen LogP contribution is -2.36. The van der Waals surface area contributed by atoms with Crippen LogP contribution in [0.2, 0.25) is 5.02 Å². The summed E-state index contributed by atoms with van der Waals surface area (Å²) in [5, 5.41) is 6.14. The molecule has 0 bridgehead atoms. The molecular weight excluding hydrogens is 405 g/mol. The fraction of sp³-hybridized carbons (Fsp3) is 0.375. The van der Waals surface area contributed by atoms with Gasteiger partial charge in [-0.2, -0.15) is 13.2 Å². The molecule has 1 heterocycles. The summed E-state index contributed by atoms with van der Waals surface area (Å²) in [7, 11) is 1.33. The minimum atomic E-state index is -4.67. The Bertz CT molecular complexity index is 816. The number of alkyl halides is 3. The Balaban J connectivity index is 1.87. The van der Waals surface area contributed by atoms with Gasteiger partial charge >= 0.3 is 12.2 Å². The van der Waals surface area contributed by atoms with Crippen LogP contribution in [0.25, 0.3) is 0 Å². The summed E-state index contributed by atoms with van der Waals surface area (Å²) in [5.74, 6) is -1.73. The van der Waals surface area contributed by atoms with Crippen LogP contribution in [0.5, 0.6) is 0 Å².